The minimum Gasteiger partial charge on any atom is -0.357 e. The average Bonchev–Trinajstić information content (AvgIpc) is 2.61. The fraction of sp³-hybridized carbons (Fsp3) is 0.263. The van der Waals surface area contributed by atoms with Gasteiger partial charge < -0.3 is 10.6 Å². The van der Waals surface area contributed by atoms with Crippen molar-refractivity contribution < 1.29 is 8.78 Å². The van der Waals surface area contributed by atoms with Gasteiger partial charge in [0.1, 0.15) is 11.6 Å². The number of benzene rings is 2. The molecule has 0 aliphatic heterocycles. The Morgan fingerprint density at radius 1 is 1.12 bits per heavy atom. The second-order valence-corrected chi connectivity index (χ2v) is 5.55. The minimum atomic E-state index is -0.378. The molecule has 0 aromatic heterocycles. The lowest BCUT2D eigenvalue weighted by Gasteiger charge is -2.12. The molecule has 4 nitrogen and oxygen atoms in total. The van der Waals surface area contributed by atoms with Crippen LogP contribution in [-0.2, 0) is 13.1 Å². The van der Waals surface area contributed by atoms with Gasteiger partial charge in [-0.3, -0.25) is 0 Å². The Hall–Kier alpha value is -2.94. The summed E-state index contributed by atoms with van der Waals surface area (Å²) in [4.78, 5) is 4.43. The monoisotopic (exact) mass is 342 g/mol. The first kappa shape index (κ1) is 18.4. The fourth-order valence-corrected chi connectivity index (χ4v) is 2.28. The summed E-state index contributed by atoms with van der Waals surface area (Å²) in [5.41, 5.74) is 2.25. The van der Waals surface area contributed by atoms with Crippen LogP contribution in [0, 0.1) is 29.9 Å². The Morgan fingerprint density at radius 3 is 2.56 bits per heavy atom. The molecule has 25 heavy (non-hydrogen) atoms. The number of hydrogen-bond acceptors (Lipinski definition) is 2. The summed E-state index contributed by atoms with van der Waals surface area (Å²) in [7, 11) is 0. The van der Waals surface area contributed by atoms with E-state index >= 15 is 0 Å². The van der Waals surface area contributed by atoms with Crippen molar-refractivity contribution in [1.82, 2.24) is 10.6 Å². The van der Waals surface area contributed by atoms with E-state index in [2.05, 4.69) is 15.6 Å². The molecule has 2 aromatic carbocycles. The van der Waals surface area contributed by atoms with Crippen LogP contribution in [0.15, 0.2) is 41.4 Å². The van der Waals surface area contributed by atoms with Crippen LogP contribution in [0.3, 0.4) is 0 Å². The molecule has 0 amide bonds. The molecule has 0 saturated heterocycles. The Bertz CT molecular complexity index is 810. The van der Waals surface area contributed by atoms with Gasteiger partial charge in [0, 0.05) is 18.7 Å². The molecule has 0 atom stereocenters. The van der Waals surface area contributed by atoms with E-state index in [0.717, 1.165) is 5.56 Å². The second kappa shape index (κ2) is 8.78. The molecule has 0 aliphatic carbocycles. The van der Waals surface area contributed by atoms with Gasteiger partial charge in [-0.2, -0.15) is 5.26 Å². The summed E-state index contributed by atoms with van der Waals surface area (Å²) >= 11 is 0. The van der Waals surface area contributed by atoms with Crippen LogP contribution < -0.4 is 10.6 Å². The van der Waals surface area contributed by atoms with Crippen molar-refractivity contribution in [3.63, 3.8) is 0 Å². The summed E-state index contributed by atoms with van der Waals surface area (Å²) in [6.07, 6.45) is 0. The van der Waals surface area contributed by atoms with Crippen LogP contribution in [0.5, 0.6) is 0 Å². The molecule has 2 N–H and O–H groups in total. The standard InChI is InChI=1S/C19H20F2N4/c1-3-23-19(24-11-15-5-6-17(20)13(2)8-15)25-12-16-9-14(10-22)4-7-18(16)21/h4-9H,3,11-12H2,1-2H3,(H2,23,24,25). The van der Waals surface area contributed by atoms with E-state index in [0.29, 0.717) is 35.7 Å². The van der Waals surface area contributed by atoms with Gasteiger partial charge in [0.25, 0.3) is 0 Å². The Labute approximate surface area is 146 Å². The zero-order valence-corrected chi connectivity index (χ0v) is 14.2. The van der Waals surface area contributed by atoms with E-state index in [-0.39, 0.29) is 18.2 Å². The van der Waals surface area contributed by atoms with E-state index < -0.39 is 0 Å². The zero-order valence-electron chi connectivity index (χ0n) is 14.2. The molecule has 2 aromatic rings. The van der Waals surface area contributed by atoms with E-state index in [1.165, 1.54) is 24.3 Å². The number of aryl methyl sites for hydroxylation is 1. The van der Waals surface area contributed by atoms with E-state index in [1.807, 2.05) is 13.0 Å². The maximum absolute atomic E-state index is 13.8. The number of nitrogens with zero attached hydrogens (tertiary/aromatic N) is 2. The number of aliphatic imine (C=N–C) groups is 1. The zero-order chi connectivity index (χ0) is 18.2. The highest BCUT2D eigenvalue weighted by atomic mass is 19.1. The van der Waals surface area contributed by atoms with Crippen molar-refractivity contribution in [2.24, 2.45) is 4.99 Å². The lowest BCUT2D eigenvalue weighted by atomic mass is 10.1. The smallest absolute Gasteiger partial charge is 0.191 e. The maximum atomic E-state index is 13.8. The molecule has 6 heteroatoms. The summed E-state index contributed by atoms with van der Waals surface area (Å²) in [6.45, 7) is 4.86. The molecular weight excluding hydrogens is 322 g/mol. The quantitative estimate of drug-likeness (QED) is 0.647. The predicted octanol–water partition coefficient (Wildman–Crippen LogP) is 3.40. The van der Waals surface area contributed by atoms with E-state index in [4.69, 9.17) is 5.26 Å². The highest BCUT2D eigenvalue weighted by Crippen LogP contribution is 2.11. The van der Waals surface area contributed by atoms with Gasteiger partial charge in [-0.15, -0.1) is 0 Å². The molecule has 0 unspecified atom stereocenters. The van der Waals surface area contributed by atoms with Crippen LogP contribution >= 0.6 is 0 Å². The van der Waals surface area contributed by atoms with Crippen molar-refractivity contribution in [3.05, 3.63) is 70.3 Å². The first-order chi connectivity index (χ1) is 12.0. The third-order valence-electron chi connectivity index (χ3n) is 3.61. The molecule has 130 valence electrons. The molecule has 0 radical (unpaired) electrons. The molecule has 0 bridgehead atoms. The number of guanidine groups is 1. The molecule has 0 spiro atoms. The second-order valence-electron chi connectivity index (χ2n) is 5.55. The fourth-order valence-electron chi connectivity index (χ4n) is 2.28. The van der Waals surface area contributed by atoms with Crippen molar-refractivity contribution >= 4 is 5.96 Å². The lowest BCUT2D eigenvalue weighted by Crippen LogP contribution is -2.37. The van der Waals surface area contributed by atoms with E-state index in [9.17, 15) is 8.78 Å². The first-order valence-corrected chi connectivity index (χ1v) is 7.99. The Morgan fingerprint density at radius 2 is 1.88 bits per heavy atom. The number of rotatable bonds is 5. The Balaban J connectivity index is 2.07. The van der Waals surface area contributed by atoms with Crippen molar-refractivity contribution in [3.8, 4) is 6.07 Å². The van der Waals surface area contributed by atoms with Crippen molar-refractivity contribution in [2.75, 3.05) is 6.54 Å². The van der Waals surface area contributed by atoms with Crippen molar-refractivity contribution in [1.29, 1.82) is 5.26 Å². The first-order valence-electron chi connectivity index (χ1n) is 7.99. The molecule has 0 fully saturated rings. The highest BCUT2D eigenvalue weighted by Gasteiger charge is 2.05. The van der Waals surface area contributed by atoms with Gasteiger partial charge in [0.15, 0.2) is 5.96 Å². The summed E-state index contributed by atoms with van der Waals surface area (Å²) in [6, 6.07) is 11.1. The van der Waals surface area contributed by atoms with Gasteiger partial charge in [-0.1, -0.05) is 12.1 Å². The van der Waals surface area contributed by atoms with Gasteiger partial charge in [-0.25, -0.2) is 13.8 Å². The Kier molecular flexibility index (Phi) is 6.47. The molecule has 0 aliphatic rings. The normalized spacial score (nSPS) is 11.1. The minimum absolute atomic E-state index is 0.204. The molecular formula is C19H20F2N4. The molecule has 0 saturated carbocycles. The predicted molar refractivity (Wildman–Crippen MR) is 93.9 cm³/mol. The van der Waals surface area contributed by atoms with Gasteiger partial charge in [-0.05, 0) is 49.2 Å². The average molecular weight is 342 g/mol. The van der Waals surface area contributed by atoms with Gasteiger partial charge >= 0.3 is 0 Å². The van der Waals surface area contributed by atoms with Crippen molar-refractivity contribution in [2.45, 2.75) is 26.9 Å². The number of nitriles is 1. The van der Waals surface area contributed by atoms with Gasteiger partial charge in [0.2, 0.25) is 0 Å². The third-order valence-corrected chi connectivity index (χ3v) is 3.61. The SMILES string of the molecule is CCNC(=NCc1ccc(F)c(C)c1)NCc1cc(C#N)ccc1F. The maximum Gasteiger partial charge on any atom is 0.191 e. The largest absolute Gasteiger partial charge is 0.357 e. The lowest BCUT2D eigenvalue weighted by molar-refractivity contribution is 0.604. The summed E-state index contributed by atoms with van der Waals surface area (Å²) in [5.74, 6) is -0.103. The number of nitrogens with one attached hydrogen (secondary N) is 2. The molecule has 2 rings (SSSR count). The van der Waals surface area contributed by atoms with Gasteiger partial charge in [0.05, 0.1) is 18.2 Å². The third kappa shape index (κ3) is 5.28. The van der Waals surface area contributed by atoms with Crippen LogP contribution in [0.4, 0.5) is 8.78 Å². The molecule has 0 heterocycles. The highest BCUT2D eigenvalue weighted by molar-refractivity contribution is 5.79. The number of hydrogen-bond donors (Lipinski definition) is 2. The van der Waals surface area contributed by atoms with Crippen LogP contribution in [0.25, 0.3) is 0 Å². The van der Waals surface area contributed by atoms with E-state index in [1.54, 1.807) is 19.1 Å². The summed E-state index contributed by atoms with van der Waals surface area (Å²) < 4.78 is 27.1. The van der Waals surface area contributed by atoms with Crippen LogP contribution in [0.1, 0.15) is 29.2 Å². The van der Waals surface area contributed by atoms with Crippen LogP contribution in [-0.4, -0.2) is 12.5 Å². The van der Waals surface area contributed by atoms with Crippen LogP contribution in [0.2, 0.25) is 0 Å². The topological polar surface area (TPSA) is 60.2 Å². The summed E-state index contributed by atoms with van der Waals surface area (Å²) in [5, 5.41) is 15.0. The number of halogens is 2.